The minimum atomic E-state index is -0.650. The highest BCUT2D eigenvalue weighted by molar-refractivity contribution is 6.31. The maximum absolute atomic E-state index is 12.1. The Morgan fingerprint density at radius 2 is 1.76 bits per heavy atom. The monoisotopic (exact) mass is 472 g/mol. The molecule has 0 aliphatic carbocycles. The number of anilines is 2. The summed E-state index contributed by atoms with van der Waals surface area (Å²) >= 11 is 5.89. The number of hydrogen-bond acceptors (Lipinski definition) is 7. The summed E-state index contributed by atoms with van der Waals surface area (Å²) in [6.07, 6.45) is 1.56. The van der Waals surface area contributed by atoms with Gasteiger partial charge in [0, 0.05) is 16.8 Å². The summed E-state index contributed by atoms with van der Waals surface area (Å²) < 4.78 is 20.7. The predicted octanol–water partition coefficient (Wildman–Crippen LogP) is 3.89. The van der Waals surface area contributed by atoms with E-state index in [1.165, 1.54) is 25.3 Å². The fourth-order valence-corrected chi connectivity index (χ4v) is 2.91. The smallest absolute Gasteiger partial charge is 0.340 e. The van der Waals surface area contributed by atoms with Gasteiger partial charge in [-0.25, -0.2) is 4.79 Å². The van der Waals surface area contributed by atoms with Crippen LogP contribution >= 0.6 is 11.6 Å². The Kier molecular flexibility index (Phi) is 8.45. The number of carbonyl (C=O) groups excluding carboxylic acids is 3. The third-order valence-electron chi connectivity index (χ3n) is 4.21. The van der Waals surface area contributed by atoms with Gasteiger partial charge in [-0.2, -0.15) is 0 Å². The van der Waals surface area contributed by atoms with Crippen molar-refractivity contribution in [3.05, 3.63) is 77.2 Å². The highest BCUT2D eigenvalue weighted by Crippen LogP contribution is 2.22. The van der Waals surface area contributed by atoms with E-state index in [1.807, 2.05) is 0 Å². The third kappa shape index (κ3) is 7.37. The zero-order valence-electron chi connectivity index (χ0n) is 17.6. The summed E-state index contributed by atoms with van der Waals surface area (Å²) in [6.45, 7) is -0.494. The van der Waals surface area contributed by atoms with Crippen LogP contribution in [0.15, 0.2) is 65.3 Å². The van der Waals surface area contributed by atoms with Gasteiger partial charge in [0.1, 0.15) is 31.3 Å². The van der Waals surface area contributed by atoms with E-state index in [2.05, 4.69) is 15.4 Å². The van der Waals surface area contributed by atoms with E-state index in [9.17, 15) is 14.4 Å². The Morgan fingerprint density at radius 1 is 0.970 bits per heavy atom. The lowest BCUT2D eigenvalue weighted by atomic mass is 10.2. The van der Waals surface area contributed by atoms with Crippen LogP contribution in [-0.4, -0.2) is 38.1 Å². The van der Waals surface area contributed by atoms with E-state index >= 15 is 0 Å². The summed E-state index contributed by atoms with van der Waals surface area (Å²) in [5, 5.41) is 5.51. The molecule has 1 heterocycles. The second kappa shape index (κ2) is 11.7. The molecule has 0 atom stereocenters. The summed E-state index contributed by atoms with van der Waals surface area (Å²) in [5.41, 5.74) is 0.829. The molecule has 1 aromatic heterocycles. The number of rotatable bonds is 10. The number of carbonyl (C=O) groups is 3. The highest BCUT2D eigenvalue weighted by Gasteiger charge is 2.15. The highest BCUT2D eigenvalue weighted by atomic mass is 35.5. The molecule has 0 bridgehead atoms. The van der Waals surface area contributed by atoms with Gasteiger partial charge < -0.3 is 29.3 Å². The van der Waals surface area contributed by atoms with Gasteiger partial charge in [-0.1, -0.05) is 17.7 Å². The Labute approximate surface area is 194 Å². The first-order valence-electron chi connectivity index (χ1n) is 9.75. The van der Waals surface area contributed by atoms with Crippen molar-refractivity contribution >= 4 is 40.8 Å². The molecule has 0 saturated heterocycles. The largest absolute Gasteiger partial charge is 0.486 e. The van der Waals surface area contributed by atoms with E-state index in [1.54, 1.807) is 42.7 Å². The van der Waals surface area contributed by atoms with Crippen molar-refractivity contribution in [2.24, 2.45) is 0 Å². The Balaban J connectivity index is 1.45. The molecular weight excluding hydrogens is 452 g/mol. The molecule has 3 rings (SSSR count). The van der Waals surface area contributed by atoms with Crippen LogP contribution in [0.3, 0.4) is 0 Å². The van der Waals surface area contributed by atoms with Crippen LogP contribution < -0.4 is 15.4 Å². The molecule has 0 radical (unpaired) electrons. The van der Waals surface area contributed by atoms with Gasteiger partial charge >= 0.3 is 5.97 Å². The van der Waals surface area contributed by atoms with Crippen LogP contribution in [-0.2, 0) is 25.7 Å². The van der Waals surface area contributed by atoms with Crippen LogP contribution in [0.1, 0.15) is 16.1 Å². The van der Waals surface area contributed by atoms with Crippen molar-refractivity contribution in [3.63, 3.8) is 0 Å². The van der Waals surface area contributed by atoms with Gasteiger partial charge in [0.15, 0.2) is 0 Å². The van der Waals surface area contributed by atoms with Gasteiger partial charge in [-0.15, -0.1) is 0 Å². The summed E-state index contributed by atoms with van der Waals surface area (Å²) in [7, 11) is 1.22. The molecule has 10 heteroatoms. The van der Waals surface area contributed by atoms with Crippen molar-refractivity contribution < 1.29 is 33.0 Å². The number of nitrogens with one attached hydrogen (secondary N) is 2. The molecule has 0 aliphatic rings. The van der Waals surface area contributed by atoms with E-state index in [0.717, 1.165) is 0 Å². The Bertz CT molecular complexity index is 1120. The van der Waals surface area contributed by atoms with E-state index in [-0.39, 0.29) is 24.5 Å². The van der Waals surface area contributed by atoms with Crippen molar-refractivity contribution in [1.29, 1.82) is 0 Å². The van der Waals surface area contributed by atoms with Crippen LogP contribution in [0.2, 0.25) is 5.02 Å². The van der Waals surface area contributed by atoms with Crippen molar-refractivity contribution in [1.82, 2.24) is 0 Å². The minimum absolute atomic E-state index is 0.102. The number of ether oxygens (including phenoxy) is 3. The average Bonchev–Trinajstić information content (AvgIpc) is 3.32. The van der Waals surface area contributed by atoms with E-state index < -0.39 is 24.4 Å². The lowest BCUT2D eigenvalue weighted by Crippen LogP contribution is -2.24. The maximum Gasteiger partial charge on any atom is 0.340 e. The number of hydrogen-bond donors (Lipinski definition) is 2. The number of halogens is 1. The van der Waals surface area contributed by atoms with Crippen LogP contribution in [0.5, 0.6) is 5.75 Å². The summed E-state index contributed by atoms with van der Waals surface area (Å²) in [5.74, 6) is -0.429. The second-order valence-corrected chi connectivity index (χ2v) is 7.10. The molecule has 33 heavy (non-hydrogen) atoms. The molecule has 2 aromatic carbocycles. The third-order valence-corrected chi connectivity index (χ3v) is 4.44. The molecular formula is C23H21ClN2O7. The quantitative estimate of drug-likeness (QED) is 0.430. The number of furan rings is 1. The van der Waals surface area contributed by atoms with Gasteiger partial charge in [0.25, 0.3) is 0 Å². The first-order chi connectivity index (χ1) is 15.9. The standard InChI is InChI=1S/C23H21ClN2O7/c1-30-23(29)19-10-15(24)7-8-20(19)26-22(28)14-31-13-21(27)25-16-4-2-5-17(11-16)33-12-18-6-3-9-32-18/h2-11H,12-14H2,1H3,(H,25,27)(H,26,28). The van der Waals surface area contributed by atoms with E-state index in [4.69, 9.17) is 25.5 Å². The van der Waals surface area contributed by atoms with Crippen molar-refractivity contribution in [2.75, 3.05) is 31.0 Å². The fourth-order valence-electron chi connectivity index (χ4n) is 2.74. The maximum atomic E-state index is 12.1. The Hall–Kier alpha value is -3.82. The fraction of sp³-hybridized carbons (Fsp3) is 0.174. The molecule has 0 spiro atoms. The van der Waals surface area contributed by atoms with Gasteiger partial charge in [0.05, 0.1) is 24.6 Å². The van der Waals surface area contributed by atoms with Crippen molar-refractivity contribution in [3.8, 4) is 5.75 Å². The zero-order valence-corrected chi connectivity index (χ0v) is 18.4. The first kappa shape index (κ1) is 23.8. The molecule has 9 nitrogen and oxygen atoms in total. The average molecular weight is 473 g/mol. The number of benzene rings is 2. The molecule has 0 aliphatic heterocycles. The van der Waals surface area contributed by atoms with Crippen LogP contribution in [0.25, 0.3) is 0 Å². The van der Waals surface area contributed by atoms with E-state index in [0.29, 0.717) is 22.2 Å². The van der Waals surface area contributed by atoms with Gasteiger partial charge in [-0.05, 0) is 42.5 Å². The van der Waals surface area contributed by atoms with Crippen LogP contribution in [0.4, 0.5) is 11.4 Å². The summed E-state index contributed by atoms with van der Waals surface area (Å²) in [4.78, 5) is 36.1. The van der Waals surface area contributed by atoms with Crippen LogP contribution in [0, 0.1) is 0 Å². The van der Waals surface area contributed by atoms with Gasteiger partial charge in [0.2, 0.25) is 11.8 Å². The number of methoxy groups -OCH3 is 1. The summed E-state index contributed by atoms with van der Waals surface area (Å²) in [6, 6.07) is 14.8. The number of amides is 2. The number of esters is 1. The molecule has 0 fully saturated rings. The molecule has 0 unspecified atom stereocenters. The minimum Gasteiger partial charge on any atom is -0.486 e. The van der Waals surface area contributed by atoms with Gasteiger partial charge in [-0.3, -0.25) is 9.59 Å². The SMILES string of the molecule is COC(=O)c1cc(Cl)ccc1NC(=O)COCC(=O)Nc1cccc(OCc2ccco2)c1. The Morgan fingerprint density at radius 3 is 2.48 bits per heavy atom. The molecule has 2 amide bonds. The molecule has 3 aromatic rings. The zero-order chi connectivity index (χ0) is 23.6. The molecule has 0 saturated carbocycles. The normalized spacial score (nSPS) is 10.4. The molecule has 172 valence electrons. The lowest BCUT2D eigenvalue weighted by molar-refractivity contribution is -0.125. The topological polar surface area (TPSA) is 116 Å². The molecule has 2 N–H and O–H groups in total. The van der Waals surface area contributed by atoms with Crippen molar-refractivity contribution in [2.45, 2.75) is 6.61 Å². The lowest BCUT2D eigenvalue weighted by Gasteiger charge is -2.11. The predicted molar refractivity (Wildman–Crippen MR) is 120 cm³/mol. The first-order valence-corrected chi connectivity index (χ1v) is 10.1. The second-order valence-electron chi connectivity index (χ2n) is 6.67.